The van der Waals surface area contributed by atoms with Crippen LogP contribution in [0.3, 0.4) is 0 Å². The normalized spacial score (nSPS) is 22.0. The zero-order valence-corrected chi connectivity index (χ0v) is 19.9. The predicted molar refractivity (Wildman–Crippen MR) is 134 cm³/mol. The number of carbonyl (C=O) groups is 1. The summed E-state index contributed by atoms with van der Waals surface area (Å²) in [5, 5.41) is 5.80. The third-order valence-electron chi connectivity index (χ3n) is 7.24. The summed E-state index contributed by atoms with van der Waals surface area (Å²) in [7, 11) is 0. The van der Waals surface area contributed by atoms with Crippen LogP contribution in [-0.4, -0.2) is 62.7 Å². The van der Waals surface area contributed by atoms with Gasteiger partial charge in [-0.3, -0.25) is 14.5 Å². The van der Waals surface area contributed by atoms with Crippen molar-refractivity contribution in [3.8, 4) is 11.1 Å². The van der Waals surface area contributed by atoms with E-state index in [1.807, 2.05) is 24.6 Å². The molecular weight excluding hydrogens is 426 g/mol. The number of ether oxygens (including phenoxy) is 1. The second-order valence-electron chi connectivity index (χ2n) is 9.37. The summed E-state index contributed by atoms with van der Waals surface area (Å²) in [5.74, 6) is 0.212. The van der Waals surface area contributed by atoms with Crippen molar-refractivity contribution < 1.29 is 14.3 Å². The summed E-state index contributed by atoms with van der Waals surface area (Å²) < 4.78 is 5.39. The first-order chi connectivity index (χ1) is 16.8. The van der Waals surface area contributed by atoms with Crippen LogP contribution >= 0.6 is 0 Å². The molecule has 4 rings (SSSR count). The highest BCUT2D eigenvalue weighted by Gasteiger charge is 2.36. The fraction of sp³-hybridized carbons (Fsp3) is 0.500. The molecule has 2 aromatic rings. The van der Waals surface area contributed by atoms with Gasteiger partial charge < -0.3 is 15.4 Å². The molecule has 0 spiro atoms. The molecule has 1 aliphatic heterocycles. The highest BCUT2D eigenvalue weighted by Crippen LogP contribution is 2.40. The van der Waals surface area contributed by atoms with E-state index in [-0.39, 0.29) is 17.7 Å². The van der Waals surface area contributed by atoms with E-state index >= 15 is 0 Å². The van der Waals surface area contributed by atoms with E-state index in [9.17, 15) is 9.59 Å². The quantitative estimate of drug-likeness (QED) is 0.419. The SMILES string of the molecule is O=[C]NC(C(=O)NCCCN1CCOCC1)C1CCCCC1c1ccc(-c2ccccc2)cc1. The van der Waals surface area contributed by atoms with Crippen LogP contribution in [0.25, 0.3) is 11.1 Å². The van der Waals surface area contributed by atoms with E-state index < -0.39 is 6.04 Å². The van der Waals surface area contributed by atoms with Crippen LogP contribution in [0.4, 0.5) is 0 Å². The van der Waals surface area contributed by atoms with Gasteiger partial charge in [-0.2, -0.15) is 0 Å². The Morgan fingerprint density at radius 3 is 2.44 bits per heavy atom. The number of rotatable bonds is 10. The van der Waals surface area contributed by atoms with Crippen molar-refractivity contribution in [3.05, 3.63) is 60.2 Å². The molecule has 1 saturated carbocycles. The highest BCUT2D eigenvalue weighted by atomic mass is 16.5. The zero-order valence-electron chi connectivity index (χ0n) is 19.9. The number of morpholine rings is 1. The molecule has 2 amide bonds. The lowest BCUT2D eigenvalue weighted by Crippen LogP contribution is -2.51. The van der Waals surface area contributed by atoms with Crippen LogP contribution in [0.1, 0.15) is 43.6 Å². The van der Waals surface area contributed by atoms with E-state index in [0.717, 1.165) is 65.0 Å². The summed E-state index contributed by atoms with van der Waals surface area (Å²) >= 11 is 0. The van der Waals surface area contributed by atoms with Crippen LogP contribution in [0.15, 0.2) is 54.6 Å². The fourth-order valence-electron chi connectivity index (χ4n) is 5.41. The van der Waals surface area contributed by atoms with Gasteiger partial charge in [-0.05, 0) is 54.3 Å². The first kappa shape index (κ1) is 24.4. The third kappa shape index (κ3) is 6.45. The number of hydrogen-bond donors (Lipinski definition) is 2. The monoisotopic (exact) mass is 462 g/mol. The predicted octanol–water partition coefficient (Wildman–Crippen LogP) is 3.49. The number of carbonyl (C=O) groups excluding carboxylic acids is 2. The van der Waals surface area contributed by atoms with Crippen LogP contribution in [0.2, 0.25) is 0 Å². The van der Waals surface area contributed by atoms with Crippen molar-refractivity contribution in [1.29, 1.82) is 0 Å². The van der Waals surface area contributed by atoms with E-state index in [1.165, 1.54) is 16.7 Å². The van der Waals surface area contributed by atoms with Gasteiger partial charge >= 0.3 is 6.41 Å². The van der Waals surface area contributed by atoms with E-state index in [2.05, 4.69) is 51.9 Å². The Balaban J connectivity index is 1.38. The average molecular weight is 463 g/mol. The molecule has 6 heteroatoms. The summed E-state index contributed by atoms with van der Waals surface area (Å²) in [6, 6.07) is 18.5. The van der Waals surface area contributed by atoms with Gasteiger partial charge in [0.05, 0.1) is 13.2 Å². The van der Waals surface area contributed by atoms with E-state index in [4.69, 9.17) is 4.74 Å². The minimum absolute atomic E-state index is 0.0667. The maximum Gasteiger partial charge on any atom is 0.309 e. The van der Waals surface area contributed by atoms with Gasteiger partial charge in [-0.15, -0.1) is 0 Å². The van der Waals surface area contributed by atoms with Crippen LogP contribution in [0, 0.1) is 5.92 Å². The molecule has 2 aliphatic rings. The minimum Gasteiger partial charge on any atom is -0.379 e. The topological polar surface area (TPSA) is 70.7 Å². The van der Waals surface area contributed by atoms with Gasteiger partial charge in [0.15, 0.2) is 0 Å². The lowest BCUT2D eigenvalue weighted by molar-refractivity contribution is -0.124. The number of nitrogens with zero attached hydrogens (tertiary/aromatic N) is 1. The van der Waals surface area contributed by atoms with Crippen molar-refractivity contribution >= 4 is 12.3 Å². The van der Waals surface area contributed by atoms with Crippen LogP contribution in [-0.2, 0) is 14.3 Å². The van der Waals surface area contributed by atoms with Gasteiger partial charge in [0.2, 0.25) is 5.91 Å². The fourth-order valence-corrected chi connectivity index (χ4v) is 5.41. The maximum absolute atomic E-state index is 13.1. The van der Waals surface area contributed by atoms with E-state index in [1.54, 1.807) is 0 Å². The lowest BCUT2D eigenvalue weighted by Gasteiger charge is -2.36. The Labute approximate surface area is 203 Å². The first-order valence-corrected chi connectivity index (χ1v) is 12.6. The summed E-state index contributed by atoms with van der Waals surface area (Å²) in [6.07, 6.45) is 6.85. The maximum atomic E-state index is 13.1. The van der Waals surface area contributed by atoms with Crippen molar-refractivity contribution in [1.82, 2.24) is 15.5 Å². The number of benzene rings is 2. The standard InChI is InChI=1S/C28H36N3O3/c32-21-30-27(28(33)29-15-6-16-31-17-19-34-20-18-31)26-10-5-4-9-25(26)24-13-11-23(12-14-24)22-7-2-1-3-8-22/h1-3,7-8,11-14,25-27H,4-6,9-10,15-20H2,(H,29,33)(H,30,32). The molecule has 0 bridgehead atoms. The van der Waals surface area contributed by atoms with Crippen molar-refractivity contribution in [3.63, 3.8) is 0 Å². The molecule has 3 unspecified atom stereocenters. The molecule has 1 aliphatic carbocycles. The molecule has 2 fully saturated rings. The van der Waals surface area contributed by atoms with E-state index in [0.29, 0.717) is 6.54 Å². The first-order valence-electron chi connectivity index (χ1n) is 12.6. The van der Waals surface area contributed by atoms with Crippen LogP contribution in [0.5, 0.6) is 0 Å². The third-order valence-corrected chi connectivity index (χ3v) is 7.24. The highest BCUT2D eigenvalue weighted by molar-refractivity contribution is 5.84. The molecule has 1 heterocycles. The van der Waals surface area contributed by atoms with Gasteiger partial charge in [0, 0.05) is 19.6 Å². The van der Waals surface area contributed by atoms with Gasteiger partial charge in [-0.1, -0.05) is 67.4 Å². The van der Waals surface area contributed by atoms with Crippen LogP contribution < -0.4 is 10.6 Å². The largest absolute Gasteiger partial charge is 0.379 e. The Morgan fingerprint density at radius 1 is 1.00 bits per heavy atom. The number of hydrogen-bond acceptors (Lipinski definition) is 4. The number of nitrogens with one attached hydrogen (secondary N) is 2. The van der Waals surface area contributed by atoms with Gasteiger partial charge in [-0.25, -0.2) is 0 Å². The summed E-state index contributed by atoms with van der Waals surface area (Å²) in [6.45, 7) is 5.01. The Kier molecular flexibility index (Phi) is 9.11. The Morgan fingerprint density at radius 2 is 1.71 bits per heavy atom. The second kappa shape index (κ2) is 12.7. The molecule has 2 aromatic carbocycles. The average Bonchev–Trinajstić information content (AvgIpc) is 2.91. The molecular formula is C28H36N3O3. The molecule has 1 radical (unpaired) electrons. The molecule has 6 nitrogen and oxygen atoms in total. The molecule has 0 aromatic heterocycles. The van der Waals surface area contributed by atoms with Gasteiger partial charge in [0.25, 0.3) is 0 Å². The molecule has 34 heavy (non-hydrogen) atoms. The Bertz CT molecular complexity index is 897. The van der Waals surface area contributed by atoms with Crippen molar-refractivity contribution in [2.75, 3.05) is 39.4 Å². The van der Waals surface area contributed by atoms with Gasteiger partial charge in [0.1, 0.15) is 6.04 Å². The number of amides is 2. The van der Waals surface area contributed by atoms with Crippen molar-refractivity contribution in [2.24, 2.45) is 5.92 Å². The molecule has 2 N–H and O–H groups in total. The summed E-state index contributed by atoms with van der Waals surface area (Å²) in [4.78, 5) is 26.8. The van der Waals surface area contributed by atoms with Crippen molar-refractivity contribution in [2.45, 2.75) is 44.1 Å². The minimum atomic E-state index is -0.556. The molecule has 181 valence electrons. The molecule has 3 atom stereocenters. The Hall–Kier alpha value is -2.70. The smallest absolute Gasteiger partial charge is 0.309 e. The zero-order chi connectivity index (χ0) is 23.6. The second-order valence-corrected chi connectivity index (χ2v) is 9.37. The molecule has 1 saturated heterocycles. The summed E-state index contributed by atoms with van der Waals surface area (Å²) in [5.41, 5.74) is 3.62. The lowest BCUT2D eigenvalue weighted by atomic mass is 9.71.